The summed E-state index contributed by atoms with van der Waals surface area (Å²) in [5.41, 5.74) is 0. The molecule has 0 aromatic rings. The molecule has 0 N–H and O–H groups in total. The maximum atomic E-state index is 2.37. The highest BCUT2D eigenvalue weighted by molar-refractivity contribution is 4.65. The Labute approximate surface area is 78.8 Å². The second-order valence-electron chi connectivity index (χ2n) is 4.37. The first kappa shape index (κ1) is 12.0. The van der Waals surface area contributed by atoms with E-state index in [-0.39, 0.29) is 0 Å². The van der Waals surface area contributed by atoms with Crippen molar-refractivity contribution in [1.82, 2.24) is 0 Å². The van der Waals surface area contributed by atoms with Crippen LogP contribution in [0.15, 0.2) is 0 Å². The Morgan fingerprint density at radius 3 is 1.17 bits per heavy atom. The van der Waals surface area contributed by atoms with Crippen LogP contribution in [-0.4, -0.2) is 0 Å². The molecule has 0 aromatic carbocycles. The van der Waals surface area contributed by atoms with E-state index in [0.29, 0.717) is 0 Å². The molecule has 0 bridgehead atoms. The summed E-state index contributed by atoms with van der Waals surface area (Å²) in [6, 6.07) is 0. The third-order valence-electron chi connectivity index (χ3n) is 2.80. The molecule has 0 nitrogen and oxygen atoms in total. The van der Waals surface area contributed by atoms with E-state index in [1.165, 1.54) is 38.5 Å². The molecule has 0 atom stereocenters. The normalized spacial score (nSPS) is 29.0. The fourth-order valence-electron chi connectivity index (χ4n) is 1.43. The smallest absolute Gasteiger partial charge is 0.0443 e. The monoisotopic (exact) mass is 170 g/mol. The summed E-state index contributed by atoms with van der Waals surface area (Å²) in [5.74, 6) is 2.04. The lowest BCUT2D eigenvalue weighted by atomic mass is 9.84. The van der Waals surface area contributed by atoms with Crippen LogP contribution in [0, 0.1) is 11.8 Å². The maximum Gasteiger partial charge on any atom is -0.0443 e. The standard InChI is InChI=1S/C8H16.C4H10/c1-7-3-5-8(2)6-4-7;1-3-4-2/h7-8H,3-6H2,1-2H3;3-4H2,1-2H3. The van der Waals surface area contributed by atoms with Gasteiger partial charge in [0.05, 0.1) is 0 Å². The molecular weight excluding hydrogens is 144 g/mol. The highest BCUT2D eigenvalue weighted by atomic mass is 14.2. The molecular formula is C12H26. The summed E-state index contributed by atoms with van der Waals surface area (Å²) >= 11 is 0. The maximum absolute atomic E-state index is 2.37. The Bertz CT molecular complexity index is 66.0. The molecule has 1 fully saturated rings. The fraction of sp³-hybridized carbons (Fsp3) is 1.00. The average Bonchev–Trinajstić information content (AvgIpc) is 2.11. The molecule has 12 heavy (non-hydrogen) atoms. The molecule has 0 saturated heterocycles. The predicted molar refractivity (Wildman–Crippen MR) is 57.4 cm³/mol. The Balaban J connectivity index is 0.000000261. The van der Waals surface area contributed by atoms with E-state index in [9.17, 15) is 0 Å². The van der Waals surface area contributed by atoms with E-state index in [4.69, 9.17) is 0 Å². The van der Waals surface area contributed by atoms with Gasteiger partial charge in [0.15, 0.2) is 0 Å². The van der Waals surface area contributed by atoms with Crippen LogP contribution in [-0.2, 0) is 0 Å². The molecule has 1 aliphatic rings. The van der Waals surface area contributed by atoms with Gasteiger partial charge in [0.25, 0.3) is 0 Å². The number of rotatable bonds is 1. The van der Waals surface area contributed by atoms with Crippen LogP contribution in [0.25, 0.3) is 0 Å². The lowest BCUT2D eigenvalue weighted by Gasteiger charge is -2.22. The molecule has 0 spiro atoms. The van der Waals surface area contributed by atoms with E-state index in [0.717, 1.165) is 11.8 Å². The zero-order valence-corrected chi connectivity index (χ0v) is 9.40. The van der Waals surface area contributed by atoms with Crippen molar-refractivity contribution < 1.29 is 0 Å². The van der Waals surface area contributed by atoms with Crippen molar-refractivity contribution in [2.75, 3.05) is 0 Å². The SMILES string of the molecule is CC1CCC(C)CC1.CCCC. The average molecular weight is 170 g/mol. The molecule has 74 valence electrons. The van der Waals surface area contributed by atoms with Gasteiger partial charge in [-0.2, -0.15) is 0 Å². The Hall–Kier alpha value is 0. The van der Waals surface area contributed by atoms with Gasteiger partial charge in [-0.25, -0.2) is 0 Å². The van der Waals surface area contributed by atoms with E-state index >= 15 is 0 Å². The van der Waals surface area contributed by atoms with Crippen LogP contribution >= 0.6 is 0 Å². The predicted octanol–water partition coefficient (Wildman–Crippen LogP) is 4.64. The second-order valence-corrected chi connectivity index (χ2v) is 4.37. The molecule has 0 heterocycles. The van der Waals surface area contributed by atoms with Crippen molar-refractivity contribution in [2.45, 2.75) is 66.2 Å². The van der Waals surface area contributed by atoms with E-state index < -0.39 is 0 Å². The van der Waals surface area contributed by atoms with Crippen molar-refractivity contribution in [3.05, 3.63) is 0 Å². The minimum absolute atomic E-state index is 1.02. The first-order valence-corrected chi connectivity index (χ1v) is 5.70. The number of hydrogen-bond acceptors (Lipinski definition) is 0. The zero-order chi connectivity index (χ0) is 9.40. The molecule has 1 saturated carbocycles. The molecule has 0 amide bonds. The second kappa shape index (κ2) is 7.64. The summed E-state index contributed by atoms with van der Waals surface area (Å²) < 4.78 is 0. The highest BCUT2D eigenvalue weighted by Crippen LogP contribution is 2.27. The molecule has 0 aromatic heterocycles. The van der Waals surface area contributed by atoms with Crippen molar-refractivity contribution in [2.24, 2.45) is 11.8 Å². The fourth-order valence-corrected chi connectivity index (χ4v) is 1.43. The van der Waals surface area contributed by atoms with Gasteiger partial charge in [0, 0.05) is 0 Å². The quantitative estimate of drug-likeness (QED) is 0.538. The molecule has 0 aliphatic heterocycles. The number of unbranched alkanes of at least 4 members (excludes halogenated alkanes) is 1. The topological polar surface area (TPSA) is 0 Å². The molecule has 0 unspecified atom stereocenters. The van der Waals surface area contributed by atoms with Crippen molar-refractivity contribution in [3.8, 4) is 0 Å². The summed E-state index contributed by atoms with van der Waals surface area (Å²) in [6.07, 6.45) is 8.53. The van der Waals surface area contributed by atoms with E-state index in [2.05, 4.69) is 27.7 Å². The van der Waals surface area contributed by atoms with Gasteiger partial charge in [0.1, 0.15) is 0 Å². The molecule has 1 rings (SSSR count). The van der Waals surface area contributed by atoms with Gasteiger partial charge in [-0.15, -0.1) is 0 Å². The van der Waals surface area contributed by atoms with Gasteiger partial charge in [0.2, 0.25) is 0 Å². The minimum atomic E-state index is 1.02. The van der Waals surface area contributed by atoms with Crippen molar-refractivity contribution in [1.29, 1.82) is 0 Å². The van der Waals surface area contributed by atoms with Crippen LogP contribution in [0.1, 0.15) is 66.2 Å². The lowest BCUT2D eigenvalue weighted by molar-refractivity contribution is 0.308. The highest BCUT2D eigenvalue weighted by Gasteiger charge is 2.13. The summed E-state index contributed by atoms with van der Waals surface area (Å²) in [4.78, 5) is 0. The first-order chi connectivity index (χ1) is 5.70. The van der Waals surface area contributed by atoms with Crippen molar-refractivity contribution >= 4 is 0 Å². The van der Waals surface area contributed by atoms with Gasteiger partial charge in [-0.05, 0) is 11.8 Å². The third-order valence-corrected chi connectivity index (χ3v) is 2.80. The van der Waals surface area contributed by atoms with E-state index in [1.54, 1.807) is 0 Å². The first-order valence-electron chi connectivity index (χ1n) is 5.70. The molecule has 0 heteroatoms. The minimum Gasteiger partial charge on any atom is -0.0654 e. The van der Waals surface area contributed by atoms with Gasteiger partial charge < -0.3 is 0 Å². The summed E-state index contributed by atoms with van der Waals surface area (Å²) in [7, 11) is 0. The van der Waals surface area contributed by atoms with Crippen LogP contribution < -0.4 is 0 Å². The van der Waals surface area contributed by atoms with Crippen LogP contribution in [0.4, 0.5) is 0 Å². The largest absolute Gasteiger partial charge is 0.0654 e. The van der Waals surface area contributed by atoms with Crippen molar-refractivity contribution in [3.63, 3.8) is 0 Å². The Kier molecular flexibility index (Phi) is 7.64. The summed E-state index contributed by atoms with van der Waals surface area (Å²) in [6.45, 7) is 9.09. The van der Waals surface area contributed by atoms with E-state index in [1.807, 2.05) is 0 Å². The zero-order valence-electron chi connectivity index (χ0n) is 9.40. The lowest BCUT2D eigenvalue weighted by Crippen LogP contribution is -2.08. The van der Waals surface area contributed by atoms with Crippen LogP contribution in [0.5, 0.6) is 0 Å². The van der Waals surface area contributed by atoms with Crippen LogP contribution in [0.2, 0.25) is 0 Å². The molecule has 1 aliphatic carbocycles. The van der Waals surface area contributed by atoms with Gasteiger partial charge in [-0.3, -0.25) is 0 Å². The summed E-state index contributed by atoms with van der Waals surface area (Å²) in [5, 5.41) is 0. The Morgan fingerprint density at radius 2 is 1.00 bits per heavy atom. The molecule has 0 radical (unpaired) electrons. The Morgan fingerprint density at radius 1 is 0.750 bits per heavy atom. The van der Waals surface area contributed by atoms with Gasteiger partial charge in [-0.1, -0.05) is 66.2 Å². The van der Waals surface area contributed by atoms with Gasteiger partial charge >= 0.3 is 0 Å². The van der Waals surface area contributed by atoms with Crippen LogP contribution in [0.3, 0.4) is 0 Å². The number of hydrogen-bond donors (Lipinski definition) is 0. The third kappa shape index (κ3) is 6.69.